The number of nitrogen functional groups attached to an aromatic ring is 1. The van der Waals surface area contributed by atoms with Gasteiger partial charge in [-0.2, -0.15) is 0 Å². The summed E-state index contributed by atoms with van der Waals surface area (Å²) in [7, 11) is 0. The minimum atomic E-state index is -4.77. The number of carbonyl (C=O) groups excluding carboxylic acids is 1. The minimum absolute atomic E-state index is 0.0210. The molecule has 0 atom stereocenters. The molecule has 29 heavy (non-hydrogen) atoms. The molecule has 1 aromatic heterocycles. The molecule has 0 saturated heterocycles. The van der Waals surface area contributed by atoms with Crippen LogP contribution in [0, 0.1) is 0 Å². The molecule has 0 spiro atoms. The molecule has 7 nitrogen and oxygen atoms in total. The maximum absolute atomic E-state index is 12.7. The van der Waals surface area contributed by atoms with Gasteiger partial charge in [-0.1, -0.05) is 18.2 Å². The highest BCUT2D eigenvalue weighted by Gasteiger charge is 2.31. The number of carbonyl (C=O) groups is 1. The summed E-state index contributed by atoms with van der Waals surface area (Å²) in [5, 5.41) is 0.936. The number of amides is 1. The summed E-state index contributed by atoms with van der Waals surface area (Å²) in [6, 6.07) is 11.6. The van der Waals surface area contributed by atoms with Crippen molar-refractivity contribution in [2.24, 2.45) is 5.84 Å². The van der Waals surface area contributed by atoms with Gasteiger partial charge in [-0.3, -0.25) is 9.80 Å². The molecule has 4 N–H and O–H groups in total. The summed E-state index contributed by atoms with van der Waals surface area (Å²) in [4.78, 5) is 20.7. The highest BCUT2D eigenvalue weighted by atomic mass is 19.4. The minimum Gasteiger partial charge on any atom is -0.406 e. The standard InChI is InChI=1S/C19H16F3N5O2/c20-19(21,22)29-14-5-2-12(3-6-14)13-4-7-16(23)15(10-13)18(28)27(24)11-17-25-8-1-9-26-17/h1-10H,11,23-24H2. The number of hydrogen-bond donors (Lipinski definition) is 2. The Labute approximate surface area is 163 Å². The van der Waals surface area contributed by atoms with Gasteiger partial charge >= 0.3 is 6.36 Å². The molecule has 1 heterocycles. The Balaban J connectivity index is 1.81. The van der Waals surface area contributed by atoms with E-state index in [1.807, 2.05) is 0 Å². The van der Waals surface area contributed by atoms with Crippen LogP contribution in [-0.4, -0.2) is 27.2 Å². The van der Waals surface area contributed by atoms with Crippen LogP contribution in [0.15, 0.2) is 60.9 Å². The van der Waals surface area contributed by atoms with Gasteiger partial charge in [-0.25, -0.2) is 15.8 Å². The van der Waals surface area contributed by atoms with E-state index in [1.165, 1.54) is 48.8 Å². The zero-order valence-corrected chi connectivity index (χ0v) is 14.9. The lowest BCUT2D eigenvalue weighted by Crippen LogP contribution is -2.37. The molecule has 3 rings (SSSR count). The molecular weight excluding hydrogens is 387 g/mol. The van der Waals surface area contributed by atoms with Crippen molar-refractivity contribution in [2.45, 2.75) is 12.9 Å². The number of aromatic nitrogens is 2. The fourth-order valence-corrected chi connectivity index (χ4v) is 2.56. The SMILES string of the molecule is Nc1ccc(-c2ccc(OC(F)(F)F)cc2)cc1C(=O)N(N)Cc1ncccn1. The number of rotatable bonds is 5. The number of nitrogens with two attached hydrogens (primary N) is 2. The molecule has 0 radical (unpaired) electrons. The van der Waals surface area contributed by atoms with Crippen LogP contribution in [0.2, 0.25) is 0 Å². The van der Waals surface area contributed by atoms with E-state index in [0.29, 0.717) is 17.0 Å². The topological polar surface area (TPSA) is 107 Å². The van der Waals surface area contributed by atoms with Gasteiger partial charge in [0.15, 0.2) is 0 Å². The number of halogens is 3. The van der Waals surface area contributed by atoms with Crippen LogP contribution in [0.5, 0.6) is 5.75 Å². The Morgan fingerprint density at radius 1 is 1.03 bits per heavy atom. The summed E-state index contributed by atoms with van der Waals surface area (Å²) < 4.78 is 40.7. The highest BCUT2D eigenvalue weighted by molar-refractivity contribution is 6.00. The molecule has 0 aliphatic carbocycles. The van der Waals surface area contributed by atoms with E-state index in [0.717, 1.165) is 5.01 Å². The second kappa shape index (κ2) is 8.15. The van der Waals surface area contributed by atoms with Crippen LogP contribution < -0.4 is 16.3 Å². The quantitative estimate of drug-likeness (QED) is 0.293. The van der Waals surface area contributed by atoms with Gasteiger partial charge in [0.25, 0.3) is 5.91 Å². The van der Waals surface area contributed by atoms with Crippen LogP contribution in [-0.2, 0) is 6.54 Å². The van der Waals surface area contributed by atoms with Crippen molar-refractivity contribution in [3.63, 3.8) is 0 Å². The monoisotopic (exact) mass is 403 g/mol. The van der Waals surface area contributed by atoms with Gasteiger partial charge in [-0.05, 0) is 41.5 Å². The number of alkyl halides is 3. The predicted octanol–water partition coefficient (Wildman–Crippen LogP) is 3.14. The fraction of sp³-hybridized carbons (Fsp3) is 0.105. The number of hydrazine groups is 1. The second-order valence-electron chi connectivity index (χ2n) is 5.97. The van der Waals surface area contributed by atoms with E-state index >= 15 is 0 Å². The van der Waals surface area contributed by atoms with Crippen LogP contribution in [0.25, 0.3) is 11.1 Å². The van der Waals surface area contributed by atoms with E-state index in [-0.39, 0.29) is 23.5 Å². The van der Waals surface area contributed by atoms with E-state index in [2.05, 4.69) is 14.7 Å². The lowest BCUT2D eigenvalue weighted by Gasteiger charge is -2.17. The van der Waals surface area contributed by atoms with E-state index in [4.69, 9.17) is 11.6 Å². The maximum Gasteiger partial charge on any atom is 0.573 e. The van der Waals surface area contributed by atoms with Crippen molar-refractivity contribution < 1.29 is 22.7 Å². The van der Waals surface area contributed by atoms with Crippen molar-refractivity contribution in [1.29, 1.82) is 0 Å². The molecule has 0 unspecified atom stereocenters. The number of ether oxygens (including phenoxy) is 1. The van der Waals surface area contributed by atoms with Gasteiger partial charge in [-0.15, -0.1) is 13.2 Å². The third-order valence-electron chi connectivity index (χ3n) is 3.90. The number of anilines is 1. The zero-order chi connectivity index (χ0) is 21.0. The molecule has 0 bridgehead atoms. The van der Waals surface area contributed by atoms with E-state index in [1.54, 1.807) is 12.1 Å². The van der Waals surface area contributed by atoms with Gasteiger partial charge in [0.1, 0.15) is 11.6 Å². The number of benzene rings is 2. The van der Waals surface area contributed by atoms with Crippen LogP contribution in [0.3, 0.4) is 0 Å². The average Bonchev–Trinajstić information content (AvgIpc) is 2.68. The molecule has 10 heteroatoms. The summed E-state index contributed by atoms with van der Waals surface area (Å²) in [6.45, 7) is -0.0210. The van der Waals surface area contributed by atoms with Crippen LogP contribution >= 0.6 is 0 Å². The third kappa shape index (κ3) is 5.20. The Morgan fingerprint density at radius 3 is 2.28 bits per heavy atom. The smallest absolute Gasteiger partial charge is 0.406 e. The lowest BCUT2D eigenvalue weighted by molar-refractivity contribution is -0.274. The number of nitrogens with zero attached hydrogens (tertiary/aromatic N) is 3. The normalized spacial score (nSPS) is 11.2. The molecule has 0 aliphatic rings. The van der Waals surface area contributed by atoms with Crippen molar-refractivity contribution in [3.05, 3.63) is 72.3 Å². The Morgan fingerprint density at radius 2 is 1.66 bits per heavy atom. The summed E-state index contributed by atoms with van der Waals surface area (Å²) in [5.74, 6) is 5.31. The Kier molecular flexibility index (Phi) is 5.64. The predicted molar refractivity (Wildman–Crippen MR) is 99.1 cm³/mol. The summed E-state index contributed by atoms with van der Waals surface area (Å²) in [6.07, 6.45) is -1.71. The first-order valence-corrected chi connectivity index (χ1v) is 8.31. The first-order chi connectivity index (χ1) is 13.7. The van der Waals surface area contributed by atoms with Crippen molar-refractivity contribution in [2.75, 3.05) is 5.73 Å². The molecule has 0 saturated carbocycles. The van der Waals surface area contributed by atoms with Crippen molar-refractivity contribution in [3.8, 4) is 16.9 Å². The number of hydrogen-bond acceptors (Lipinski definition) is 6. The molecule has 0 aliphatic heterocycles. The molecule has 2 aromatic carbocycles. The fourth-order valence-electron chi connectivity index (χ4n) is 2.56. The second-order valence-corrected chi connectivity index (χ2v) is 5.97. The van der Waals surface area contributed by atoms with Gasteiger partial charge in [0.2, 0.25) is 0 Å². The molecule has 150 valence electrons. The Hall–Kier alpha value is -3.66. The van der Waals surface area contributed by atoms with E-state index in [9.17, 15) is 18.0 Å². The summed E-state index contributed by atoms with van der Waals surface area (Å²) in [5.41, 5.74) is 7.42. The Bertz CT molecular complexity index is 995. The lowest BCUT2D eigenvalue weighted by atomic mass is 10.0. The third-order valence-corrected chi connectivity index (χ3v) is 3.90. The first kappa shape index (κ1) is 20.1. The van der Waals surface area contributed by atoms with Gasteiger partial charge < -0.3 is 10.5 Å². The van der Waals surface area contributed by atoms with Crippen molar-refractivity contribution >= 4 is 11.6 Å². The van der Waals surface area contributed by atoms with Crippen LogP contribution in [0.4, 0.5) is 18.9 Å². The molecule has 1 amide bonds. The average molecular weight is 403 g/mol. The maximum atomic E-state index is 12.7. The largest absolute Gasteiger partial charge is 0.573 e. The molecule has 3 aromatic rings. The molecular formula is C19H16F3N5O2. The highest BCUT2D eigenvalue weighted by Crippen LogP contribution is 2.28. The zero-order valence-electron chi connectivity index (χ0n) is 14.9. The van der Waals surface area contributed by atoms with Crippen LogP contribution in [0.1, 0.15) is 16.2 Å². The first-order valence-electron chi connectivity index (χ1n) is 8.31. The van der Waals surface area contributed by atoms with E-state index < -0.39 is 12.3 Å². The van der Waals surface area contributed by atoms with Gasteiger partial charge in [0, 0.05) is 18.1 Å². The van der Waals surface area contributed by atoms with Gasteiger partial charge in [0.05, 0.1) is 12.1 Å². The van der Waals surface area contributed by atoms with Crippen molar-refractivity contribution in [1.82, 2.24) is 15.0 Å². The summed E-state index contributed by atoms with van der Waals surface area (Å²) >= 11 is 0. The molecule has 0 fully saturated rings.